The summed E-state index contributed by atoms with van der Waals surface area (Å²) in [4.78, 5) is 13.9. The summed E-state index contributed by atoms with van der Waals surface area (Å²) < 4.78 is 5.01. The van der Waals surface area contributed by atoms with Crippen LogP contribution in [0.2, 0.25) is 0 Å². The monoisotopic (exact) mass is 257 g/mol. The van der Waals surface area contributed by atoms with E-state index in [1.807, 2.05) is 7.05 Å². The maximum absolute atomic E-state index is 11.7. The van der Waals surface area contributed by atoms with Crippen molar-refractivity contribution in [3.8, 4) is 0 Å². The molecule has 106 valence electrons. The second-order valence-electron chi connectivity index (χ2n) is 5.04. The molecule has 1 heterocycles. The molecule has 0 aromatic carbocycles. The number of hydrogen-bond donors (Lipinski definition) is 2. The Hall–Kier alpha value is -0.650. The van der Waals surface area contributed by atoms with Crippen LogP contribution in [0.3, 0.4) is 0 Å². The smallest absolute Gasteiger partial charge is 0.220 e. The Kier molecular flexibility index (Phi) is 7.96. The Balaban J connectivity index is 2.02. The van der Waals surface area contributed by atoms with Gasteiger partial charge in [-0.2, -0.15) is 0 Å². The molecule has 1 amide bonds. The zero-order valence-electron chi connectivity index (χ0n) is 11.7. The highest BCUT2D eigenvalue weighted by atomic mass is 16.5. The first kappa shape index (κ1) is 15.4. The van der Waals surface area contributed by atoms with E-state index in [2.05, 4.69) is 15.5 Å². The lowest BCUT2D eigenvalue weighted by atomic mass is 9.94. The molecule has 5 heteroatoms. The zero-order chi connectivity index (χ0) is 13.2. The number of hydrogen-bond acceptors (Lipinski definition) is 4. The third kappa shape index (κ3) is 6.93. The van der Waals surface area contributed by atoms with Crippen LogP contribution in [0, 0.1) is 5.92 Å². The van der Waals surface area contributed by atoms with Crippen molar-refractivity contribution in [2.75, 3.05) is 53.5 Å². The van der Waals surface area contributed by atoms with Gasteiger partial charge in [-0.15, -0.1) is 0 Å². The van der Waals surface area contributed by atoms with Gasteiger partial charge in [0.1, 0.15) is 0 Å². The molecule has 0 saturated carbocycles. The quantitative estimate of drug-likeness (QED) is 0.646. The third-order valence-corrected chi connectivity index (χ3v) is 3.43. The second kappa shape index (κ2) is 9.30. The van der Waals surface area contributed by atoms with E-state index in [1.54, 1.807) is 7.11 Å². The van der Waals surface area contributed by atoms with Gasteiger partial charge in [0.15, 0.2) is 0 Å². The number of piperidine rings is 1. The molecule has 0 unspecified atom stereocenters. The minimum Gasteiger partial charge on any atom is -0.383 e. The Labute approximate surface area is 110 Å². The van der Waals surface area contributed by atoms with E-state index < -0.39 is 0 Å². The Morgan fingerprint density at radius 1 is 1.39 bits per heavy atom. The highest BCUT2D eigenvalue weighted by Gasteiger charge is 2.16. The van der Waals surface area contributed by atoms with Gasteiger partial charge in [0.2, 0.25) is 5.91 Å². The maximum Gasteiger partial charge on any atom is 0.220 e. The molecule has 0 atom stereocenters. The highest BCUT2D eigenvalue weighted by molar-refractivity contribution is 5.76. The van der Waals surface area contributed by atoms with E-state index in [0.717, 1.165) is 52.2 Å². The summed E-state index contributed by atoms with van der Waals surface area (Å²) in [5.74, 6) is 0.763. The first-order chi connectivity index (χ1) is 8.72. The van der Waals surface area contributed by atoms with Crippen LogP contribution in [0.4, 0.5) is 0 Å². The predicted octanol–water partition coefficient (Wildman–Crippen LogP) is 0.0705. The first-order valence-electron chi connectivity index (χ1n) is 6.87. The summed E-state index contributed by atoms with van der Waals surface area (Å²) in [5, 5.41) is 6.31. The number of carbonyl (C=O) groups excluding carboxylic acids is 1. The van der Waals surface area contributed by atoms with Gasteiger partial charge in [0, 0.05) is 33.2 Å². The number of carbonyl (C=O) groups is 1. The molecule has 0 aromatic heterocycles. The Bertz CT molecular complexity index is 230. The fourth-order valence-corrected chi connectivity index (χ4v) is 2.17. The average Bonchev–Trinajstić information content (AvgIpc) is 2.37. The maximum atomic E-state index is 11.7. The molecule has 1 aliphatic rings. The van der Waals surface area contributed by atoms with Gasteiger partial charge in [-0.3, -0.25) is 4.79 Å². The number of amides is 1. The molecule has 0 spiro atoms. The van der Waals surface area contributed by atoms with E-state index in [9.17, 15) is 4.79 Å². The number of ether oxygens (including phenoxy) is 1. The van der Waals surface area contributed by atoms with Crippen molar-refractivity contribution >= 4 is 5.91 Å². The van der Waals surface area contributed by atoms with Gasteiger partial charge >= 0.3 is 0 Å². The lowest BCUT2D eigenvalue weighted by Gasteiger charge is -2.22. The van der Waals surface area contributed by atoms with Crippen molar-refractivity contribution in [1.82, 2.24) is 15.5 Å². The van der Waals surface area contributed by atoms with Crippen molar-refractivity contribution < 1.29 is 9.53 Å². The SMILES string of the molecule is COCCN(C)CCNC(=O)CC1CCNCC1. The topological polar surface area (TPSA) is 53.6 Å². The molecular weight excluding hydrogens is 230 g/mol. The van der Waals surface area contributed by atoms with Crippen LogP contribution in [0.5, 0.6) is 0 Å². The van der Waals surface area contributed by atoms with Crippen molar-refractivity contribution in [3.05, 3.63) is 0 Å². The van der Waals surface area contributed by atoms with Gasteiger partial charge in [-0.05, 0) is 38.9 Å². The lowest BCUT2D eigenvalue weighted by molar-refractivity contribution is -0.122. The average molecular weight is 257 g/mol. The number of rotatable bonds is 8. The van der Waals surface area contributed by atoms with Crippen molar-refractivity contribution in [1.29, 1.82) is 0 Å². The van der Waals surface area contributed by atoms with Gasteiger partial charge in [0.25, 0.3) is 0 Å². The van der Waals surface area contributed by atoms with Crippen LogP contribution in [0.25, 0.3) is 0 Å². The molecule has 1 rings (SSSR count). The molecule has 1 saturated heterocycles. The summed E-state index contributed by atoms with van der Waals surface area (Å²) >= 11 is 0. The minimum atomic E-state index is 0.196. The molecule has 1 aliphatic heterocycles. The summed E-state index contributed by atoms with van der Waals surface area (Å²) in [6.45, 7) is 5.35. The number of methoxy groups -OCH3 is 1. The van der Waals surface area contributed by atoms with Crippen molar-refractivity contribution in [3.63, 3.8) is 0 Å². The first-order valence-corrected chi connectivity index (χ1v) is 6.87. The molecule has 18 heavy (non-hydrogen) atoms. The predicted molar refractivity (Wildman–Crippen MR) is 72.6 cm³/mol. The van der Waals surface area contributed by atoms with Crippen molar-refractivity contribution in [2.24, 2.45) is 5.92 Å². The number of nitrogens with zero attached hydrogens (tertiary/aromatic N) is 1. The molecule has 0 aliphatic carbocycles. The molecule has 0 radical (unpaired) electrons. The molecule has 1 fully saturated rings. The fraction of sp³-hybridized carbons (Fsp3) is 0.923. The fourth-order valence-electron chi connectivity index (χ4n) is 2.17. The van der Waals surface area contributed by atoms with Crippen molar-refractivity contribution in [2.45, 2.75) is 19.3 Å². The lowest BCUT2D eigenvalue weighted by Crippen LogP contribution is -2.36. The number of nitrogens with one attached hydrogen (secondary N) is 2. The minimum absolute atomic E-state index is 0.196. The summed E-state index contributed by atoms with van der Waals surface area (Å²) in [6.07, 6.45) is 2.94. The van der Waals surface area contributed by atoms with E-state index in [-0.39, 0.29) is 5.91 Å². The van der Waals surface area contributed by atoms with E-state index in [4.69, 9.17) is 4.74 Å². The van der Waals surface area contributed by atoms with Gasteiger partial charge in [-0.1, -0.05) is 0 Å². The van der Waals surface area contributed by atoms with Crippen LogP contribution in [0.1, 0.15) is 19.3 Å². The Morgan fingerprint density at radius 2 is 2.11 bits per heavy atom. The highest BCUT2D eigenvalue weighted by Crippen LogP contribution is 2.15. The Morgan fingerprint density at radius 3 is 2.78 bits per heavy atom. The van der Waals surface area contributed by atoms with Gasteiger partial charge in [-0.25, -0.2) is 0 Å². The largest absolute Gasteiger partial charge is 0.383 e. The summed E-state index contributed by atoms with van der Waals surface area (Å²) in [7, 11) is 3.74. The standard InChI is InChI=1S/C13H27N3O2/c1-16(9-10-18-2)8-7-15-13(17)11-12-3-5-14-6-4-12/h12,14H,3-11H2,1-2H3,(H,15,17). The molecular formula is C13H27N3O2. The van der Waals surface area contributed by atoms with Gasteiger partial charge < -0.3 is 20.3 Å². The molecule has 0 aromatic rings. The molecule has 2 N–H and O–H groups in total. The molecule has 0 bridgehead atoms. The van der Waals surface area contributed by atoms with Crippen LogP contribution in [-0.2, 0) is 9.53 Å². The van der Waals surface area contributed by atoms with E-state index in [0.29, 0.717) is 12.3 Å². The third-order valence-electron chi connectivity index (χ3n) is 3.43. The summed E-state index contributed by atoms with van der Waals surface area (Å²) in [5.41, 5.74) is 0. The summed E-state index contributed by atoms with van der Waals surface area (Å²) in [6, 6.07) is 0. The van der Waals surface area contributed by atoms with E-state index in [1.165, 1.54) is 0 Å². The van der Waals surface area contributed by atoms with E-state index >= 15 is 0 Å². The van der Waals surface area contributed by atoms with Gasteiger partial charge in [0.05, 0.1) is 6.61 Å². The number of likely N-dealkylation sites (N-methyl/N-ethyl adjacent to an activating group) is 1. The molecule has 5 nitrogen and oxygen atoms in total. The normalized spacial score (nSPS) is 17.1. The van der Waals surface area contributed by atoms with Crippen LogP contribution >= 0.6 is 0 Å². The van der Waals surface area contributed by atoms with Crippen LogP contribution in [-0.4, -0.2) is 64.3 Å². The second-order valence-corrected chi connectivity index (χ2v) is 5.04. The zero-order valence-corrected chi connectivity index (χ0v) is 11.7. The van der Waals surface area contributed by atoms with Crippen LogP contribution in [0.15, 0.2) is 0 Å². The van der Waals surface area contributed by atoms with Crippen LogP contribution < -0.4 is 10.6 Å².